The maximum absolute atomic E-state index is 12.3. The molecule has 20 heavy (non-hydrogen) atoms. The fourth-order valence-electron chi connectivity index (χ4n) is 2.61. The fourth-order valence-corrected chi connectivity index (χ4v) is 3.92. The summed E-state index contributed by atoms with van der Waals surface area (Å²) in [7, 11) is -3.43. The summed E-state index contributed by atoms with van der Waals surface area (Å²) in [6, 6.07) is 6.88. The molecule has 0 amide bonds. The normalized spacial score (nSPS) is 24.9. The average Bonchev–Trinajstić information content (AvgIpc) is 2.36. The number of aliphatic hydroxyl groups is 1. The average molecular weight is 297 g/mol. The number of sulfonamides is 1. The molecule has 1 aliphatic rings. The van der Waals surface area contributed by atoms with Crippen LogP contribution in [0.25, 0.3) is 0 Å². The van der Waals surface area contributed by atoms with Gasteiger partial charge in [0.25, 0.3) is 0 Å². The second-order valence-electron chi connectivity index (χ2n) is 5.65. The van der Waals surface area contributed by atoms with Crippen LogP contribution in [0, 0.1) is 6.92 Å². The topological polar surface area (TPSA) is 66.4 Å². The maximum Gasteiger partial charge on any atom is 0.240 e. The number of aliphatic hydroxyl groups excluding tert-OH is 1. The monoisotopic (exact) mass is 297 g/mol. The number of nitrogens with one attached hydrogen (secondary N) is 1. The van der Waals surface area contributed by atoms with Crippen molar-refractivity contribution >= 4 is 10.0 Å². The lowest BCUT2D eigenvalue weighted by molar-refractivity contribution is 0.138. The van der Waals surface area contributed by atoms with Gasteiger partial charge in [0.2, 0.25) is 10.0 Å². The zero-order valence-corrected chi connectivity index (χ0v) is 12.7. The van der Waals surface area contributed by atoms with E-state index in [9.17, 15) is 13.5 Å². The van der Waals surface area contributed by atoms with E-state index in [1.54, 1.807) is 12.1 Å². The minimum absolute atomic E-state index is 0.0196. The lowest BCUT2D eigenvalue weighted by atomic mass is 9.96. The van der Waals surface area contributed by atoms with Crippen LogP contribution in [0.5, 0.6) is 0 Å². The van der Waals surface area contributed by atoms with Crippen molar-refractivity contribution in [2.45, 2.75) is 62.5 Å². The van der Waals surface area contributed by atoms with E-state index in [4.69, 9.17) is 0 Å². The molecular weight excluding hydrogens is 274 g/mol. The summed E-state index contributed by atoms with van der Waals surface area (Å²) in [5, 5.41) is 9.60. The Morgan fingerprint density at radius 1 is 1.05 bits per heavy atom. The van der Waals surface area contributed by atoms with Crippen LogP contribution in [0.3, 0.4) is 0 Å². The first-order chi connectivity index (χ1) is 9.47. The summed E-state index contributed by atoms with van der Waals surface area (Å²) in [5.74, 6) is 0. The third-order valence-corrected chi connectivity index (χ3v) is 5.37. The van der Waals surface area contributed by atoms with Crippen molar-refractivity contribution in [3.05, 3.63) is 29.8 Å². The highest BCUT2D eigenvalue weighted by Crippen LogP contribution is 2.20. The summed E-state index contributed by atoms with van der Waals surface area (Å²) < 4.78 is 27.4. The molecule has 0 spiro atoms. The summed E-state index contributed by atoms with van der Waals surface area (Å²) >= 11 is 0. The van der Waals surface area contributed by atoms with Crippen molar-refractivity contribution in [3.63, 3.8) is 0 Å². The molecule has 1 aromatic rings. The molecule has 1 saturated carbocycles. The molecule has 0 unspecified atom stereocenters. The van der Waals surface area contributed by atoms with Gasteiger partial charge in [-0.2, -0.15) is 0 Å². The van der Waals surface area contributed by atoms with Crippen LogP contribution >= 0.6 is 0 Å². The van der Waals surface area contributed by atoms with E-state index in [0.717, 1.165) is 44.1 Å². The van der Waals surface area contributed by atoms with Gasteiger partial charge in [0.15, 0.2) is 0 Å². The van der Waals surface area contributed by atoms with E-state index in [0.29, 0.717) is 4.90 Å². The molecule has 4 nitrogen and oxygen atoms in total. The fraction of sp³-hybridized carbons (Fsp3) is 0.600. The van der Waals surface area contributed by atoms with Gasteiger partial charge >= 0.3 is 0 Å². The van der Waals surface area contributed by atoms with Gasteiger partial charge in [-0.25, -0.2) is 13.1 Å². The Hall–Kier alpha value is -0.910. The molecule has 1 fully saturated rings. The first-order valence-electron chi connectivity index (χ1n) is 7.24. The van der Waals surface area contributed by atoms with Gasteiger partial charge in [0.05, 0.1) is 11.0 Å². The Morgan fingerprint density at radius 3 is 2.15 bits per heavy atom. The molecule has 5 heteroatoms. The number of benzene rings is 1. The molecular formula is C15H23NO3S. The first kappa shape index (κ1) is 15.5. The molecule has 0 aliphatic heterocycles. The highest BCUT2D eigenvalue weighted by atomic mass is 32.2. The van der Waals surface area contributed by atoms with Crippen LogP contribution in [0.4, 0.5) is 0 Å². The maximum atomic E-state index is 12.3. The zero-order chi connectivity index (χ0) is 14.6. The largest absolute Gasteiger partial charge is 0.393 e. The highest BCUT2D eigenvalue weighted by molar-refractivity contribution is 7.89. The SMILES string of the molecule is Cc1ccc(S(=O)(=O)NC2CCCC(O)CCC2)cc1. The van der Waals surface area contributed by atoms with Crippen LogP contribution in [-0.4, -0.2) is 25.7 Å². The predicted molar refractivity (Wildman–Crippen MR) is 79.0 cm³/mol. The molecule has 2 N–H and O–H groups in total. The Kier molecular flexibility index (Phi) is 5.18. The van der Waals surface area contributed by atoms with E-state index < -0.39 is 10.0 Å². The summed E-state index contributed by atoms with van der Waals surface area (Å²) in [6.45, 7) is 1.93. The Labute approximate surface area is 121 Å². The van der Waals surface area contributed by atoms with Gasteiger partial charge in [-0.05, 0) is 57.6 Å². The molecule has 112 valence electrons. The third kappa shape index (κ3) is 4.30. The van der Waals surface area contributed by atoms with Crippen molar-refractivity contribution in [2.75, 3.05) is 0 Å². The van der Waals surface area contributed by atoms with Crippen molar-refractivity contribution in [3.8, 4) is 0 Å². The first-order valence-corrected chi connectivity index (χ1v) is 8.73. The van der Waals surface area contributed by atoms with Crippen molar-refractivity contribution < 1.29 is 13.5 Å². The number of rotatable bonds is 3. The molecule has 2 rings (SSSR count). The molecule has 0 atom stereocenters. The van der Waals surface area contributed by atoms with Gasteiger partial charge in [-0.3, -0.25) is 0 Å². The highest BCUT2D eigenvalue weighted by Gasteiger charge is 2.21. The predicted octanol–water partition coefficient (Wildman–Crippen LogP) is 2.36. The van der Waals surface area contributed by atoms with Crippen LogP contribution in [0.1, 0.15) is 44.1 Å². The summed E-state index contributed by atoms with van der Waals surface area (Å²) in [6.07, 6.45) is 4.63. The Morgan fingerprint density at radius 2 is 1.60 bits per heavy atom. The number of hydrogen-bond donors (Lipinski definition) is 2. The molecule has 1 aromatic carbocycles. The lowest BCUT2D eigenvalue weighted by Crippen LogP contribution is -2.35. The molecule has 0 radical (unpaired) electrons. The molecule has 0 aromatic heterocycles. The smallest absolute Gasteiger partial charge is 0.240 e. The van der Waals surface area contributed by atoms with Crippen molar-refractivity contribution in [2.24, 2.45) is 0 Å². The second kappa shape index (κ2) is 6.70. The van der Waals surface area contributed by atoms with E-state index in [1.165, 1.54) is 0 Å². The molecule has 0 bridgehead atoms. The zero-order valence-electron chi connectivity index (χ0n) is 11.9. The van der Waals surface area contributed by atoms with Crippen LogP contribution < -0.4 is 4.72 Å². The van der Waals surface area contributed by atoms with E-state index in [-0.39, 0.29) is 12.1 Å². The van der Waals surface area contributed by atoms with Crippen LogP contribution in [0.15, 0.2) is 29.2 Å². The van der Waals surface area contributed by atoms with E-state index in [1.807, 2.05) is 19.1 Å². The van der Waals surface area contributed by atoms with Gasteiger partial charge in [0.1, 0.15) is 0 Å². The molecule has 1 aliphatic carbocycles. The van der Waals surface area contributed by atoms with Gasteiger partial charge in [-0.1, -0.05) is 17.7 Å². The minimum atomic E-state index is -3.43. The van der Waals surface area contributed by atoms with Crippen LogP contribution in [-0.2, 0) is 10.0 Å². The number of aryl methyl sites for hydroxylation is 1. The van der Waals surface area contributed by atoms with Crippen molar-refractivity contribution in [1.29, 1.82) is 0 Å². The lowest BCUT2D eigenvalue weighted by Gasteiger charge is -2.23. The Balaban J connectivity index is 2.02. The van der Waals surface area contributed by atoms with Gasteiger partial charge in [0, 0.05) is 6.04 Å². The van der Waals surface area contributed by atoms with Crippen molar-refractivity contribution in [1.82, 2.24) is 4.72 Å². The van der Waals surface area contributed by atoms with Crippen LogP contribution in [0.2, 0.25) is 0 Å². The van der Waals surface area contributed by atoms with Gasteiger partial charge < -0.3 is 5.11 Å². The quantitative estimate of drug-likeness (QED) is 0.900. The van der Waals surface area contributed by atoms with E-state index in [2.05, 4.69) is 4.72 Å². The summed E-state index contributed by atoms with van der Waals surface area (Å²) in [5.41, 5.74) is 1.05. The second-order valence-corrected chi connectivity index (χ2v) is 7.36. The van der Waals surface area contributed by atoms with Gasteiger partial charge in [-0.15, -0.1) is 0 Å². The standard InChI is InChI=1S/C15H23NO3S/c1-12-8-10-15(11-9-12)20(18,19)16-13-4-2-6-14(17)7-3-5-13/h8-11,13-14,16-17H,2-7H2,1H3. The number of hydrogen-bond acceptors (Lipinski definition) is 3. The van der Waals surface area contributed by atoms with E-state index >= 15 is 0 Å². The third-order valence-electron chi connectivity index (χ3n) is 3.83. The molecule has 0 heterocycles. The molecule has 0 saturated heterocycles. The summed E-state index contributed by atoms with van der Waals surface area (Å²) in [4.78, 5) is 0.324. The Bertz CT molecular complexity index is 515. The minimum Gasteiger partial charge on any atom is -0.393 e.